The fraction of sp³-hybridized carbons (Fsp3) is 0.381. The molecule has 0 saturated heterocycles. The average Bonchev–Trinajstić information content (AvgIpc) is 3.00. The SMILES string of the molecule is CCOC(=O)c1cc(C)n(CC(=O)N2C[C@H](C(=O)NC)Oc3ccccc32)c1C. The van der Waals surface area contributed by atoms with Crippen LogP contribution in [0, 0.1) is 13.8 Å². The first-order valence-electron chi connectivity index (χ1n) is 9.48. The molecule has 1 N–H and O–H groups in total. The zero-order chi connectivity index (χ0) is 21.1. The molecular weight excluding hydrogens is 374 g/mol. The van der Waals surface area contributed by atoms with Gasteiger partial charge in [0.2, 0.25) is 5.91 Å². The summed E-state index contributed by atoms with van der Waals surface area (Å²) in [6.07, 6.45) is -0.791. The highest BCUT2D eigenvalue weighted by Gasteiger charge is 2.33. The molecule has 3 rings (SSSR count). The van der Waals surface area contributed by atoms with E-state index in [4.69, 9.17) is 9.47 Å². The quantitative estimate of drug-likeness (QED) is 0.775. The number of para-hydroxylation sites is 2. The Hall–Kier alpha value is -3.29. The van der Waals surface area contributed by atoms with Crippen LogP contribution < -0.4 is 15.0 Å². The summed E-state index contributed by atoms with van der Waals surface area (Å²) >= 11 is 0. The van der Waals surface area contributed by atoms with Crippen LogP contribution in [-0.4, -0.2) is 48.7 Å². The van der Waals surface area contributed by atoms with E-state index in [9.17, 15) is 14.4 Å². The summed E-state index contributed by atoms with van der Waals surface area (Å²) < 4.78 is 12.6. The molecule has 1 atom stereocenters. The van der Waals surface area contributed by atoms with Crippen molar-refractivity contribution >= 4 is 23.5 Å². The molecule has 29 heavy (non-hydrogen) atoms. The van der Waals surface area contributed by atoms with E-state index in [-0.39, 0.29) is 31.5 Å². The van der Waals surface area contributed by atoms with Gasteiger partial charge in [-0.2, -0.15) is 0 Å². The van der Waals surface area contributed by atoms with Gasteiger partial charge in [-0.1, -0.05) is 12.1 Å². The highest BCUT2D eigenvalue weighted by atomic mass is 16.5. The van der Waals surface area contributed by atoms with Gasteiger partial charge < -0.3 is 24.3 Å². The molecule has 0 saturated carbocycles. The van der Waals surface area contributed by atoms with E-state index in [1.165, 1.54) is 7.05 Å². The Kier molecular flexibility index (Phi) is 5.91. The number of likely N-dealkylation sites (N-methyl/N-ethyl adjacent to an activating group) is 1. The number of esters is 1. The summed E-state index contributed by atoms with van der Waals surface area (Å²) in [6.45, 7) is 5.80. The molecule has 154 valence electrons. The highest BCUT2D eigenvalue weighted by molar-refractivity contribution is 5.97. The van der Waals surface area contributed by atoms with Gasteiger partial charge in [0, 0.05) is 18.4 Å². The van der Waals surface area contributed by atoms with Gasteiger partial charge in [-0.25, -0.2) is 4.79 Å². The van der Waals surface area contributed by atoms with Gasteiger partial charge >= 0.3 is 5.97 Å². The molecule has 8 nitrogen and oxygen atoms in total. The molecule has 2 amide bonds. The molecular formula is C21H25N3O5. The number of carbonyl (C=O) groups is 3. The van der Waals surface area contributed by atoms with Crippen molar-refractivity contribution in [3.63, 3.8) is 0 Å². The van der Waals surface area contributed by atoms with E-state index in [0.717, 1.165) is 5.69 Å². The van der Waals surface area contributed by atoms with Crippen molar-refractivity contribution in [3.8, 4) is 5.75 Å². The van der Waals surface area contributed by atoms with E-state index < -0.39 is 12.1 Å². The van der Waals surface area contributed by atoms with Crippen LogP contribution >= 0.6 is 0 Å². The number of hydrogen-bond donors (Lipinski definition) is 1. The number of carbonyl (C=O) groups excluding carboxylic acids is 3. The molecule has 0 bridgehead atoms. The third-order valence-corrected chi connectivity index (χ3v) is 4.98. The van der Waals surface area contributed by atoms with E-state index in [0.29, 0.717) is 22.7 Å². The van der Waals surface area contributed by atoms with E-state index in [2.05, 4.69) is 5.32 Å². The molecule has 1 aliphatic heterocycles. The average molecular weight is 399 g/mol. The van der Waals surface area contributed by atoms with Gasteiger partial charge in [0.25, 0.3) is 5.91 Å². The van der Waals surface area contributed by atoms with E-state index >= 15 is 0 Å². The topological polar surface area (TPSA) is 89.9 Å². The van der Waals surface area contributed by atoms with E-state index in [1.807, 2.05) is 13.0 Å². The first kappa shape index (κ1) is 20.4. The minimum absolute atomic E-state index is 0.0336. The van der Waals surface area contributed by atoms with Crippen LogP contribution in [0.4, 0.5) is 5.69 Å². The highest BCUT2D eigenvalue weighted by Crippen LogP contribution is 2.33. The Labute approximate surface area is 169 Å². The summed E-state index contributed by atoms with van der Waals surface area (Å²) in [7, 11) is 1.53. The minimum atomic E-state index is -0.791. The standard InChI is InChI=1S/C21H25N3O5/c1-5-28-21(27)15-10-13(2)23(14(15)3)12-19(25)24-11-18(20(26)22-4)29-17-9-7-6-8-16(17)24/h6-10,18H,5,11-12H2,1-4H3,(H,22,26)/t18-/m1/s1. The summed E-state index contributed by atoms with van der Waals surface area (Å²) in [6, 6.07) is 8.84. The number of anilines is 1. The molecule has 0 unspecified atom stereocenters. The van der Waals surface area contributed by atoms with Crippen molar-refractivity contribution in [1.82, 2.24) is 9.88 Å². The number of aromatic nitrogens is 1. The summed E-state index contributed by atoms with van der Waals surface area (Å²) in [5, 5.41) is 2.56. The normalized spacial score (nSPS) is 15.3. The Bertz CT molecular complexity index is 950. The Balaban J connectivity index is 1.89. The van der Waals surface area contributed by atoms with Gasteiger partial charge in [0.15, 0.2) is 6.10 Å². The van der Waals surface area contributed by atoms with Crippen LogP contribution in [0.25, 0.3) is 0 Å². The number of benzene rings is 1. The lowest BCUT2D eigenvalue weighted by Gasteiger charge is -2.34. The molecule has 1 aromatic heterocycles. The molecule has 0 fully saturated rings. The third kappa shape index (κ3) is 3.96. The molecule has 2 aromatic rings. The smallest absolute Gasteiger partial charge is 0.339 e. The van der Waals surface area contributed by atoms with Crippen molar-refractivity contribution < 1.29 is 23.9 Å². The zero-order valence-corrected chi connectivity index (χ0v) is 17.0. The first-order chi connectivity index (χ1) is 13.9. The summed E-state index contributed by atoms with van der Waals surface area (Å²) in [4.78, 5) is 39.0. The Morgan fingerprint density at radius 1 is 1.24 bits per heavy atom. The molecule has 1 aliphatic rings. The van der Waals surface area contributed by atoms with Crippen LogP contribution in [0.15, 0.2) is 30.3 Å². The van der Waals surface area contributed by atoms with E-state index in [1.54, 1.807) is 47.6 Å². The second-order valence-electron chi connectivity index (χ2n) is 6.78. The number of nitrogens with one attached hydrogen (secondary N) is 1. The molecule has 1 aromatic carbocycles. The molecule has 0 aliphatic carbocycles. The van der Waals surface area contributed by atoms with Crippen molar-refractivity contribution in [2.45, 2.75) is 33.4 Å². The number of amides is 2. The van der Waals surface area contributed by atoms with Crippen LogP contribution in [0.3, 0.4) is 0 Å². The van der Waals surface area contributed by atoms with Crippen molar-refractivity contribution in [2.75, 3.05) is 25.1 Å². The number of nitrogens with zero attached hydrogens (tertiary/aromatic N) is 2. The van der Waals surface area contributed by atoms with Gasteiger partial charge in [0.1, 0.15) is 12.3 Å². The van der Waals surface area contributed by atoms with Gasteiger partial charge in [0.05, 0.1) is 24.4 Å². The zero-order valence-electron chi connectivity index (χ0n) is 17.0. The number of aryl methyl sites for hydroxylation is 1. The third-order valence-electron chi connectivity index (χ3n) is 4.98. The fourth-order valence-corrected chi connectivity index (χ4v) is 3.45. The second kappa shape index (κ2) is 8.38. The molecule has 2 heterocycles. The number of fused-ring (bicyclic) bond motifs is 1. The first-order valence-corrected chi connectivity index (χ1v) is 9.48. The Morgan fingerprint density at radius 3 is 2.66 bits per heavy atom. The van der Waals surface area contributed by atoms with Crippen LogP contribution in [0.2, 0.25) is 0 Å². The Morgan fingerprint density at radius 2 is 1.97 bits per heavy atom. The predicted octanol–water partition coefficient (Wildman–Crippen LogP) is 1.82. The van der Waals surface area contributed by atoms with Crippen molar-refractivity contribution in [2.24, 2.45) is 0 Å². The largest absolute Gasteiger partial charge is 0.477 e. The van der Waals surface area contributed by atoms with Crippen LogP contribution in [0.1, 0.15) is 28.7 Å². The van der Waals surface area contributed by atoms with Crippen molar-refractivity contribution in [1.29, 1.82) is 0 Å². The van der Waals surface area contributed by atoms with Crippen molar-refractivity contribution in [3.05, 3.63) is 47.3 Å². The number of rotatable bonds is 5. The maximum Gasteiger partial charge on any atom is 0.339 e. The van der Waals surface area contributed by atoms with Crippen LogP contribution in [0.5, 0.6) is 5.75 Å². The summed E-state index contributed by atoms with van der Waals surface area (Å²) in [5.41, 5.74) is 2.51. The summed E-state index contributed by atoms with van der Waals surface area (Å²) in [5.74, 6) is -0.424. The maximum absolute atomic E-state index is 13.2. The predicted molar refractivity (Wildman–Crippen MR) is 107 cm³/mol. The molecule has 0 radical (unpaired) electrons. The minimum Gasteiger partial charge on any atom is -0.477 e. The number of ether oxygens (including phenoxy) is 2. The lowest BCUT2D eigenvalue weighted by molar-refractivity contribution is -0.128. The molecule has 0 spiro atoms. The maximum atomic E-state index is 13.2. The fourth-order valence-electron chi connectivity index (χ4n) is 3.45. The monoisotopic (exact) mass is 399 g/mol. The van der Waals surface area contributed by atoms with Gasteiger partial charge in [-0.3, -0.25) is 9.59 Å². The lowest BCUT2D eigenvalue weighted by atomic mass is 10.1. The number of hydrogen-bond acceptors (Lipinski definition) is 5. The second-order valence-corrected chi connectivity index (χ2v) is 6.78. The van der Waals surface area contributed by atoms with Gasteiger partial charge in [-0.15, -0.1) is 0 Å². The van der Waals surface area contributed by atoms with Crippen LogP contribution in [-0.2, 0) is 20.9 Å². The molecule has 8 heteroatoms. The van der Waals surface area contributed by atoms with Gasteiger partial charge in [-0.05, 0) is 39.0 Å². The lowest BCUT2D eigenvalue weighted by Crippen LogP contribution is -2.50.